The number of aromatic nitrogens is 3. The van der Waals surface area contributed by atoms with Crippen molar-refractivity contribution in [3.63, 3.8) is 0 Å². The van der Waals surface area contributed by atoms with E-state index in [9.17, 15) is 0 Å². The van der Waals surface area contributed by atoms with E-state index in [1.165, 1.54) is 11.0 Å². The fraction of sp³-hybridized carbons (Fsp3) is 0.118. The van der Waals surface area contributed by atoms with Crippen LogP contribution in [0.15, 0.2) is 54.7 Å². The summed E-state index contributed by atoms with van der Waals surface area (Å²) in [6.07, 6.45) is 2.09. The van der Waals surface area contributed by atoms with Crippen LogP contribution in [0.1, 0.15) is 6.92 Å². The lowest BCUT2D eigenvalue weighted by molar-refractivity contribution is 0.807. The third kappa shape index (κ3) is 2.18. The molecule has 0 aliphatic rings. The minimum Gasteiger partial charge on any atom is -0.310 e. The SMILES string of the molecule is CCn1c2ccccc2n2cc(-c3ccc(Cl)cc3)nc12.Cl. The van der Waals surface area contributed by atoms with Gasteiger partial charge in [-0.1, -0.05) is 35.9 Å². The van der Waals surface area contributed by atoms with Crippen molar-refractivity contribution >= 4 is 40.8 Å². The molecule has 0 radical (unpaired) electrons. The van der Waals surface area contributed by atoms with Gasteiger partial charge in [-0.25, -0.2) is 4.98 Å². The van der Waals surface area contributed by atoms with Crippen LogP contribution in [0.5, 0.6) is 0 Å². The van der Waals surface area contributed by atoms with Crippen LogP contribution in [0.2, 0.25) is 5.02 Å². The Labute approximate surface area is 139 Å². The maximum Gasteiger partial charge on any atom is 0.215 e. The second kappa shape index (κ2) is 5.67. The molecule has 2 aromatic heterocycles. The summed E-state index contributed by atoms with van der Waals surface area (Å²) in [5.41, 5.74) is 4.44. The Morgan fingerprint density at radius 1 is 1.00 bits per heavy atom. The van der Waals surface area contributed by atoms with Gasteiger partial charge < -0.3 is 4.57 Å². The monoisotopic (exact) mass is 331 g/mol. The van der Waals surface area contributed by atoms with Crippen LogP contribution >= 0.6 is 24.0 Å². The molecule has 22 heavy (non-hydrogen) atoms. The minimum absolute atomic E-state index is 0. The molecule has 4 rings (SSSR count). The summed E-state index contributed by atoms with van der Waals surface area (Å²) in [4.78, 5) is 4.80. The van der Waals surface area contributed by atoms with E-state index in [1.54, 1.807) is 0 Å². The first-order valence-electron chi connectivity index (χ1n) is 7.00. The smallest absolute Gasteiger partial charge is 0.215 e. The summed E-state index contributed by atoms with van der Waals surface area (Å²) >= 11 is 5.95. The Morgan fingerprint density at radius 2 is 1.68 bits per heavy atom. The van der Waals surface area contributed by atoms with E-state index in [-0.39, 0.29) is 12.4 Å². The van der Waals surface area contributed by atoms with Crippen molar-refractivity contribution in [1.29, 1.82) is 0 Å². The third-order valence-electron chi connectivity index (χ3n) is 3.82. The molecule has 0 spiro atoms. The van der Waals surface area contributed by atoms with Crippen LogP contribution in [-0.4, -0.2) is 14.0 Å². The lowest BCUT2D eigenvalue weighted by Crippen LogP contribution is -1.94. The molecule has 0 aliphatic heterocycles. The van der Waals surface area contributed by atoms with Gasteiger partial charge in [0.2, 0.25) is 5.78 Å². The molecule has 5 heteroatoms. The fourth-order valence-corrected chi connectivity index (χ4v) is 2.94. The van der Waals surface area contributed by atoms with E-state index < -0.39 is 0 Å². The standard InChI is InChI=1S/C17H14ClN3.ClH/c1-2-20-15-5-3-4-6-16(15)21-11-14(19-17(20)21)12-7-9-13(18)10-8-12;/h3-11H,2H2,1H3;1H. The van der Waals surface area contributed by atoms with Crippen molar-refractivity contribution in [2.45, 2.75) is 13.5 Å². The van der Waals surface area contributed by atoms with Gasteiger partial charge >= 0.3 is 0 Å². The molecule has 4 aromatic rings. The van der Waals surface area contributed by atoms with Crippen molar-refractivity contribution in [3.05, 3.63) is 59.8 Å². The number of benzene rings is 2. The highest BCUT2D eigenvalue weighted by Crippen LogP contribution is 2.26. The second-order valence-electron chi connectivity index (χ2n) is 5.04. The highest BCUT2D eigenvalue weighted by atomic mass is 35.5. The molecule has 0 unspecified atom stereocenters. The van der Waals surface area contributed by atoms with Crippen molar-refractivity contribution in [3.8, 4) is 11.3 Å². The zero-order valence-electron chi connectivity index (χ0n) is 12.0. The van der Waals surface area contributed by atoms with E-state index in [4.69, 9.17) is 16.6 Å². The number of hydrogen-bond donors (Lipinski definition) is 0. The number of aryl methyl sites for hydroxylation is 1. The van der Waals surface area contributed by atoms with Gasteiger partial charge in [-0.2, -0.15) is 0 Å². The van der Waals surface area contributed by atoms with Crippen molar-refractivity contribution in [2.24, 2.45) is 0 Å². The molecular weight excluding hydrogens is 317 g/mol. The quantitative estimate of drug-likeness (QED) is 0.503. The third-order valence-corrected chi connectivity index (χ3v) is 4.07. The predicted octanol–water partition coefficient (Wildman–Crippen LogP) is 5.05. The molecule has 0 amide bonds. The van der Waals surface area contributed by atoms with Crippen LogP contribution in [0.4, 0.5) is 0 Å². The first-order valence-corrected chi connectivity index (χ1v) is 7.38. The van der Waals surface area contributed by atoms with Crippen molar-refractivity contribution in [1.82, 2.24) is 14.0 Å². The van der Waals surface area contributed by atoms with Gasteiger partial charge in [-0.3, -0.25) is 4.40 Å². The van der Waals surface area contributed by atoms with Gasteiger partial charge in [0.1, 0.15) is 0 Å². The molecule has 0 fully saturated rings. The summed E-state index contributed by atoms with van der Waals surface area (Å²) in [6, 6.07) is 16.2. The number of hydrogen-bond acceptors (Lipinski definition) is 1. The molecule has 0 N–H and O–H groups in total. The Bertz CT molecular complexity index is 936. The van der Waals surface area contributed by atoms with Crippen molar-refractivity contribution in [2.75, 3.05) is 0 Å². The van der Waals surface area contributed by atoms with E-state index in [0.717, 1.165) is 28.6 Å². The molecule has 0 aliphatic carbocycles. The maximum absolute atomic E-state index is 5.95. The van der Waals surface area contributed by atoms with Crippen LogP contribution in [-0.2, 0) is 6.54 Å². The molecule has 2 heterocycles. The number of rotatable bonds is 2. The van der Waals surface area contributed by atoms with Crippen molar-refractivity contribution < 1.29 is 0 Å². The number of imidazole rings is 2. The maximum atomic E-state index is 5.95. The minimum atomic E-state index is 0. The molecule has 0 atom stereocenters. The van der Waals surface area contributed by atoms with Gasteiger partial charge in [0.15, 0.2) is 0 Å². The van der Waals surface area contributed by atoms with Crippen LogP contribution in [0, 0.1) is 0 Å². The van der Waals surface area contributed by atoms with Gasteiger partial charge in [0.05, 0.1) is 16.7 Å². The zero-order valence-corrected chi connectivity index (χ0v) is 13.6. The molecule has 2 aromatic carbocycles. The van der Waals surface area contributed by atoms with Crippen LogP contribution in [0.25, 0.3) is 28.1 Å². The highest BCUT2D eigenvalue weighted by molar-refractivity contribution is 6.30. The molecule has 0 saturated carbocycles. The molecule has 0 saturated heterocycles. The number of fused-ring (bicyclic) bond motifs is 3. The van der Waals surface area contributed by atoms with Gasteiger partial charge in [-0.05, 0) is 31.2 Å². The van der Waals surface area contributed by atoms with E-state index in [0.29, 0.717) is 0 Å². The highest BCUT2D eigenvalue weighted by Gasteiger charge is 2.13. The summed E-state index contributed by atoms with van der Waals surface area (Å²) in [7, 11) is 0. The summed E-state index contributed by atoms with van der Waals surface area (Å²) in [5, 5.41) is 0.742. The number of halogens is 2. The molecule has 0 bridgehead atoms. The zero-order chi connectivity index (χ0) is 14.4. The lowest BCUT2D eigenvalue weighted by atomic mass is 10.2. The Hall–Kier alpha value is -1.97. The van der Waals surface area contributed by atoms with E-state index in [1.807, 2.05) is 24.3 Å². The first-order chi connectivity index (χ1) is 10.3. The van der Waals surface area contributed by atoms with E-state index in [2.05, 4.69) is 46.4 Å². The molecule has 112 valence electrons. The van der Waals surface area contributed by atoms with Gasteiger partial charge in [0.25, 0.3) is 0 Å². The number of para-hydroxylation sites is 2. The van der Waals surface area contributed by atoms with Crippen LogP contribution < -0.4 is 0 Å². The predicted molar refractivity (Wildman–Crippen MR) is 94.1 cm³/mol. The normalized spacial score (nSPS) is 11.0. The molecular formula is C17H15Cl2N3. The fourth-order valence-electron chi connectivity index (χ4n) is 2.81. The Kier molecular flexibility index (Phi) is 3.85. The van der Waals surface area contributed by atoms with E-state index >= 15 is 0 Å². The molecule has 3 nitrogen and oxygen atoms in total. The second-order valence-corrected chi connectivity index (χ2v) is 5.47. The first kappa shape index (κ1) is 14.9. The number of nitrogens with zero attached hydrogens (tertiary/aromatic N) is 3. The largest absolute Gasteiger partial charge is 0.310 e. The Balaban J connectivity index is 0.00000144. The summed E-state index contributed by atoms with van der Waals surface area (Å²) in [5.74, 6) is 0.976. The summed E-state index contributed by atoms with van der Waals surface area (Å²) < 4.78 is 4.39. The average Bonchev–Trinajstić information content (AvgIpc) is 3.05. The van der Waals surface area contributed by atoms with Crippen LogP contribution in [0.3, 0.4) is 0 Å². The lowest BCUT2D eigenvalue weighted by Gasteiger charge is -2.00. The average molecular weight is 332 g/mol. The Morgan fingerprint density at radius 3 is 2.36 bits per heavy atom. The van der Waals surface area contributed by atoms with Gasteiger partial charge in [-0.15, -0.1) is 12.4 Å². The summed E-state index contributed by atoms with van der Waals surface area (Å²) in [6.45, 7) is 3.04. The van der Waals surface area contributed by atoms with Gasteiger partial charge in [0, 0.05) is 23.3 Å². The topological polar surface area (TPSA) is 22.2 Å².